The Labute approximate surface area is 192 Å². The number of benzene rings is 2. The third-order valence-corrected chi connectivity index (χ3v) is 7.30. The van der Waals surface area contributed by atoms with Crippen LogP contribution in [0.15, 0.2) is 60.8 Å². The van der Waals surface area contributed by atoms with Gasteiger partial charge in [-0.3, -0.25) is 14.5 Å². The fourth-order valence-corrected chi connectivity index (χ4v) is 5.48. The summed E-state index contributed by atoms with van der Waals surface area (Å²) in [7, 11) is 1.69. The van der Waals surface area contributed by atoms with Gasteiger partial charge in [0.2, 0.25) is 0 Å². The highest BCUT2D eigenvalue weighted by atomic mass is 16.5. The topological polar surface area (TPSA) is 66.8 Å². The molecule has 168 valence electrons. The smallest absolute Gasteiger partial charge is 0.261 e. The molecule has 0 unspecified atom stereocenters. The van der Waals surface area contributed by atoms with Crippen molar-refractivity contribution in [3.8, 4) is 11.4 Å². The van der Waals surface area contributed by atoms with Crippen molar-refractivity contribution < 1.29 is 14.3 Å². The predicted octanol–water partition coefficient (Wildman–Crippen LogP) is 3.50. The number of carbonyl (C=O) groups excluding carboxylic acids is 2. The van der Waals surface area contributed by atoms with E-state index in [0.29, 0.717) is 24.2 Å². The lowest BCUT2D eigenvalue weighted by atomic mass is 9.82. The van der Waals surface area contributed by atoms with Gasteiger partial charge >= 0.3 is 0 Å². The maximum Gasteiger partial charge on any atom is 0.261 e. The van der Waals surface area contributed by atoms with Gasteiger partial charge in [-0.2, -0.15) is 0 Å². The first-order valence-corrected chi connectivity index (χ1v) is 11.4. The van der Waals surface area contributed by atoms with Crippen LogP contribution >= 0.6 is 0 Å². The van der Waals surface area contributed by atoms with Crippen LogP contribution in [-0.4, -0.2) is 59.5 Å². The van der Waals surface area contributed by atoms with E-state index < -0.39 is 0 Å². The number of anilines is 1. The zero-order valence-corrected chi connectivity index (χ0v) is 18.6. The van der Waals surface area contributed by atoms with E-state index in [1.807, 2.05) is 6.07 Å². The van der Waals surface area contributed by atoms with Crippen LogP contribution in [0.1, 0.15) is 39.3 Å². The molecule has 6 rings (SSSR count). The fraction of sp³-hybridized carbons (Fsp3) is 0.308. The Bertz CT molecular complexity index is 1220. The van der Waals surface area contributed by atoms with Gasteiger partial charge in [0.25, 0.3) is 11.8 Å². The minimum absolute atomic E-state index is 0.144. The Morgan fingerprint density at radius 1 is 0.939 bits per heavy atom. The van der Waals surface area contributed by atoms with Crippen molar-refractivity contribution in [2.75, 3.05) is 38.6 Å². The van der Waals surface area contributed by atoms with Crippen LogP contribution in [-0.2, 0) is 5.54 Å². The lowest BCUT2D eigenvalue weighted by Crippen LogP contribution is -2.51. The van der Waals surface area contributed by atoms with Crippen molar-refractivity contribution in [1.29, 1.82) is 0 Å². The van der Waals surface area contributed by atoms with Crippen LogP contribution < -0.4 is 10.1 Å². The molecule has 1 fully saturated rings. The molecule has 2 aromatic carbocycles. The molecule has 3 aliphatic rings. The summed E-state index contributed by atoms with van der Waals surface area (Å²) in [6.45, 7) is 2.89. The molecule has 1 spiro atoms. The highest BCUT2D eigenvalue weighted by Crippen LogP contribution is 2.44. The van der Waals surface area contributed by atoms with Gasteiger partial charge in [0.1, 0.15) is 5.75 Å². The number of hydrogen-bond acceptors (Lipinski definition) is 5. The summed E-state index contributed by atoms with van der Waals surface area (Å²) in [6, 6.07) is 17.5. The monoisotopic (exact) mass is 442 g/mol. The van der Waals surface area contributed by atoms with Crippen molar-refractivity contribution in [2.45, 2.75) is 18.4 Å². The molecule has 0 atom stereocenters. The lowest BCUT2D eigenvalue weighted by molar-refractivity contribution is 0.0623. The SMILES string of the molecule is COc1ccc2c(c1)NC1(CCN(CCN3C(=O)c4ccccc4C3=O)CC1)c1cccn1-2. The number of nitrogens with one attached hydrogen (secondary N) is 1. The van der Waals surface area contributed by atoms with Crippen molar-refractivity contribution in [2.24, 2.45) is 0 Å². The van der Waals surface area contributed by atoms with Crippen molar-refractivity contribution >= 4 is 17.5 Å². The molecule has 3 aliphatic heterocycles. The zero-order valence-electron chi connectivity index (χ0n) is 18.6. The molecule has 2 amide bonds. The minimum atomic E-state index is -0.179. The number of piperidine rings is 1. The number of carbonyl (C=O) groups is 2. The molecule has 33 heavy (non-hydrogen) atoms. The Morgan fingerprint density at radius 3 is 2.36 bits per heavy atom. The van der Waals surface area contributed by atoms with Gasteiger partial charge in [0, 0.05) is 44.1 Å². The molecule has 4 heterocycles. The summed E-state index contributed by atoms with van der Waals surface area (Å²) in [5, 5.41) is 3.83. The van der Waals surface area contributed by atoms with Gasteiger partial charge in [0.05, 0.1) is 35.2 Å². The van der Waals surface area contributed by atoms with Crippen molar-refractivity contribution in [3.05, 3.63) is 77.6 Å². The average molecular weight is 443 g/mol. The maximum absolute atomic E-state index is 12.7. The third kappa shape index (κ3) is 3.07. The van der Waals surface area contributed by atoms with Crippen LogP contribution in [0.4, 0.5) is 5.69 Å². The Morgan fingerprint density at radius 2 is 1.67 bits per heavy atom. The molecule has 1 N–H and O–H groups in total. The van der Waals surface area contributed by atoms with Gasteiger partial charge in [0.15, 0.2) is 0 Å². The lowest BCUT2D eigenvalue weighted by Gasteiger charge is -2.46. The van der Waals surface area contributed by atoms with Gasteiger partial charge in [-0.25, -0.2) is 0 Å². The molecule has 1 aromatic heterocycles. The molecule has 7 nitrogen and oxygen atoms in total. The number of ether oxygens (including phenoxy) is 1. The van der Waals surface area contributed by atoms with Crippen LogP contribution in [0.2, 0.25) is 0 Å². The van der Waals surface area contributed by atoms with Gasteiger partial charge in [-0.05, 0) is 49.2 Å². The second-order valence-electron chi connectivity index (χ2n) is 9.00. The standard InChI is InChI=1S/C26H26N4O3/c1-33-18-8-9-22-21(17-18)27-26(23-7-4-12-29(22)23)10-13-28(14-11-26)15-16-30-24(31)19-5-2-3-6-20(19)25(30)32/h2-9,12,17,27H,10-11,13-16H2,1H3. The molecule has 0 aliphatic carbocycles. The number of hydrogen-bond donors (Lipinski definition) is 1. The van der Waals surface area contributed by atoms with Gasteiger partial charge in [-0.1, -0.05) is 12.1 Å². The number of fused-ring (bicyclic) bond motifs is 5. The molecular weight excluding hydrogens is 416 g/mol. The minimum Gasteiger partial charge on any atom is -0.497 e. The highest BCUT2D eigenvalue weighted by Gasteiger charge is 2.42. The van der Waals surface area contributed by atoms with E-state index in [4.69, 9.17) is 4.74 Å². The van der Waals surface area contributed by atoms with E-state index in [1.54, 1.807) is 31.4 Å². The maximum atomic E-state index is 12.7. The first-order valence-electron chi connectivity index (χ1n) is 11.4. The molecule has 0 saturated carbocycles. The number of methoxy groups -OCH3 is 1. The van der Waals surface area contributed by atoms with Crippen molar-refractivity contribution in [1.82, 2.24) is 14.4 Å². The average Bonchev–Trinajstić information content (AvgIpc) is 3.44. The summed E-state index contributed by atoms with van der Waals surface area (Å²) in [6.07, 6.45) is 4.00. The van der Waals surface area contributed by atoms with E-state index in [9.17, 15) is 9.59 Å². The second kappa shape index (κ2) is 7.49. The highest BCUT2D eigenvalue weighted by molar-refractivity contribution is 6.21. The Hall–Kier alpha value is -3.58. The first-order chi connectivity index (χ1) is 16.1. The number of amides is 2. The van der Waals surface area contributed by atoms with E-state index in [2.05, 4.69) is 45.2 Å². The summed E-state index contributed by atoms with van der Waals surface area (Å²) >= 11 is 0. The van der Waals surface area contributed by atoms with Crippen LogP contribution in [0.3, 0.4) is 0 Å². The van der Waals surface area contributed by atoms with Crippen molar-refractivity contribution in [3.63, 3.8) is 0 Å². The van der Waals surface area contributed by atoms with Crippen LogP contribution in [0.5, 0.6) is 5.75 Å². The predicted molar refractivity (Wildman–Crippen MR) is 125 cm³/mol. The molecule has 0 radical (unpaired) electrons. The molecule has 7 heteroatoms. The Kier molecular flexibility index (Phi) is 4.55. The quantitative estimate of drug-likeness (QED) is 0.627. The summed E-state index contributed by atoms with van der Waals surface area (Å²) in [5.74, 6) is 0.480. The number of nitrogens with zero attached hydrogens (tertiary/aromatic N) is 3. The second-order valence-corrected chi connectivity index (χ2v) is 9.00. The summed E-state index contributed by atoms with van der Waals surface area (Å²) in [5.41, 5.74) is 4.38. The van der Waals surface area contributed by atoms with Crippen LogP contribution in [0, 0.1) is 0 Å². The molecule has 1 saturated heterocycles. The van der Waals surface area contributed by atoms with E-state index in [-0.39, 0.29) is 17.4 Å². The zero-order chi connectivity index (χ0) is 22.6. The summed E-state index contributed by atoms with van der Waals surface area (Å²) < 4.78 is 7.72. The molecule has 0 bridgehead atoms. The molecular formula is C26H26N4O3. The largest absolute Gasteiger partial charge is 0.497 e. The Balaban J connectivity index is 1.16. The number of imide groups is 1. The molecule has 3 aromatic rings. The number of rotatable bonds is 4. The number of aromatic nitrogens is 1. The normalized spacial score (nSPS) is 18.6. The first kappa shape index (κ1) is 20.1. The van der Waals surface area contributed by atoms with E-state index >= 15 is 0 Å². The van der Waals surface area contributed by atoms with E-state index in [0.717, 1.165) is 43.1 Å². The fourth-order valence-electron chi connectivity index (χ4n) is 5.48. The number of likely N-dealkylation sites (tertiary alicyclic amines) is 1. The summed E-state index contributed by atoms with van der Waals surface area (Å²) in [4.78, 5) is 29.1. The van der Waals surface area contributed by atoms with Gasteiger partial charge in [-0.15, -0.1) is 0 Å². The third-order valence-electron chi connectivity index (χ3n) is 7.30. The van der Waals surface area contributed by atoms with Gasteiger partial charge < -0.3 is 19.5 Å². The van der Waals surface area contributed by atoms with Crippen LogP contribution in [0.25, 0.3) is 5.69 Å². The van der Waals surface area contributed by atoms with E-state index in [1.165, 1.54) is 10.6 Å².